The van der Waals surface area contributed by atoms with Gasteiger partial charge in [-0.15, -0.1) is 0 Å². The minimum Gasteiger partial charge on any atom is -0.310 e. The SMILES string of the molecule is CCNC(c1ccncc1)C12CC3CC(CC(C3)C1)C2. The fraction of sp³-hybridized carbons (Fsp3) is 0.722. The predicted molar refractivity (Wildman–Crippen MR) is 81.3 cm³/mol. The van der Waals surface area contributed by atoms with Crippen LogP contribution < -0.4 is 5.32 Å². The van der Waals surface area contributed by atoms with E-state index in [-0.39, 0.29) is 0 Å². The van der Waals surface area contributed by atoms with Gasteiger partial charge in [0, 0.05) is 18.4 Å². The van der Waals surface area contributed by atoms with Crippen molar-refractivity contribution in [2.24, 2.45) is 23.2 Å². The molecule has 1 atom stereocenters. The van der Waals surface area contributed by atoms with E-state index in [1.165, 1.54) is 44.1 Å². The zero-order chi connectivity index (χ0) is 13.6. The number of rotatable bonds is 4. The van der Waals surface area contributed by atoms with Crippen LogP contribution in [0.15, 0.2) is 24.5 Å². The van der Waals surface area contributed by atoms with Crippen molar-refractivity contribution >= 4 is 0 Å². The molecule has 0 spiro atoms. The van der Waals surface area contributed by atoms with E-state index in [0.29, 0.717) is 11.5 Å². The summed E-state index contributed by atoms with van der Waals surface area (Å²) < 4.78 is 0. The molecule has 1 N–H and O–H groups in total. The molecule has 0 aromatic carbocycles. The van der Waals surface area contributed by atoms with Gasteiger partial charge in [0.25, 0.3) is 0 Å². The number of hydrogen-bond donors (Lipinski definition) is 1. The Balaban J connectivity index is 1.69. The first-order valence-electron chi connectivity index (χ1n) is 8.42. The van der Waals surface area contributed by atoms with Crippen molar-refractivity contribution in [3.8, 4) is 0 Å². The van der Waals surface area contributed by atoms with Gasteiger partial charge in [-0.1, -0.05) is 6.92 Å². The minimum absolute atomic E-state index is 0.534. The van der Waals surface area contributed by atoms with E-state index in [0.717, 1.165) is 24.3 Å². The van der Waals surface area contributed by atoms with Crippen LogP contribution in [0, 0.1) is 23.2 Å². The zero-order valence-electron chi connectivity index (χ0n) is 12.5. The van der Waals surface area contributed by atoms with E-state index < -0.39 is 0 Å². The summed E-state index contributed by atoms with van der Waals surface area (Å²) in [6.45, 7) is 3.31. The Hall–Kier alpha value is -0.890. The number of aromatic nitrogens is 1. The predicted octanol–water partition coefficient (Wildman–Crippen LogP) is 3.95. The third kappa shape index (κ3) is 2.00. The Morgan fingerprint density at radius 1 is 1.10 bits per heavy atom. The maximum absolute atomic E-state index is 4.21. The molecule has 0 radical (unpaired) electrons. The van der Waals surface area contributed by atoms with Crippen molar-refractivity contribution in [2.45, 2.75) is 51.5 Å². The zero-order valence-corrected chi connectivity index (χ0v) is 12.5. The molecule has 0 saturated heterocycles. The molecule has 4 aliphatic carbocycles. The summed E-state index contributed by atoms with van der Waals surface area (Å²) in [4.78, 5) is 4.21. The Bertz CT molecular complexity index is 432. The molecule has 2 heteroatoms. The first-order chi connectivity index (χ1) is 9.79. The van der Waals surface area contributed by atoms with Crippen molar-refractivity contribution in [3.63, 3.8) is 0 Å². The van der Waals surface area contributed by atoms with Crippen molar-refractivity contribution < 1.29 is 0 Å². The molecule has 4 bridgehead atoms. The molecule has 0 amide bonds. The van der Waals surface area contributed by atoms with Crippen LogP contribution in [0.3, 0.4) is 0 Å². The number of nitrogens with one attached hydrogen (secondary N) is 1. The summed E-state index contributed by atoms with van der Waals surface area (Å²) in [6.07, 6.45) is 12.9. The molecular weight excluding hydrogens is 244 g/mol. The highest BCUT2D eigenvalue weighted by molar-refractivity contribution is 5.21. The highest BCUT2D eigenvalue weighted by atomic mass is 14.9. The molecule has 20 heavy (non-hydrogen) atoms. The first-order valence-corrected chi connectivity index (χ1v) is 8.42. The standard InChI is InChI=1S/C18H26N2/c1-2-20-17(16-3-5-19-6-4-16)18-10-13-7-14(11-18)9-15(8-13)12-18/h3-6,13-15,17,20H,2,7-12H2,1H3. The quantitative estimate of drug-likeness (QED) is 0.896. The second-order valence-electron chi connectivity index (χ2n) is 7.55. The molecule has 1 aromatic heterocycles. The maximum Gasteiger partial charge on any atom is 0.0378 e. The van der Waals surface area contributed by atoms with Crippen LogP contribution in [0.5, 0.6) is 0 Å². The van der Waals surface area contributed by atoms with E-state index in [4.69, 9.17) is 0 Å². The van der Waals surface area contributed by atoms with E-state index >= 15 is 0 Å². The highest BCUT2D eigenvalue weighted by Crippen LogP contribution is 2.63. The summed E-state index contributed by atoms with van der Waals surface area (Å²) in [7, 11) is 0. The van der Waals surface area contributed by atoms with Crippen molar-refractivity contribution in [3.05, 3.63) is 30.1 Å². The molecule has 1 heterocycles. The number of pyridine rings is 1. The van der Waals surface area contributed by atoms with E-state index in [1.807, 2.05) is 12.4 Å². The van der Waals surface area contributed by atoms with Crippen LogP contribution in [0.1, 0.15) is 57.1 Å². The molecule has 4 fully saturated rings. The number of hydrogen-bond acceptors (Lipinski definition) is 2. The van der Waals surface area contributed by atoms with Crippen molar-refractivity contribution in [1.82, 2.24) is 10.3 Å². The molecule has 4 aliphatic rings. The van der Waals surface area contributed by atoms with E-state index in [9.17, 15) is 0 Å². The summed E-state index contributed by atoms with van der Waals surface area (Å²) in [5.74, 6) is 3.05. The van der Waals surface area contributed by atoms with Gasteiger partial charge in [0.2, 0.25) is 0 Å². The Morgan fingerprint density at radius 3 is 2.15 bits per heavy atom. The molecule has 2 nitrogen and oxygen atoms in total. The monoisotopic (exact) mass is 270 g/mol. The van der Waals surface area contributed by atoms with Gasteiger partial charge in [-0.05, 0) is 85.9 Å². The molecule has 108 valence electrons. The summed E-state index contributed by atoms with van der Waals surface area (Å²) in [5, 5.41) is 3.83. The topological polar surface area (TPSA) is 24.9 Å². The van der Waals surface area contributed by atoms with Gasteiger partial charge in [0.1, 0.15) is 0 Å². The van der Waals surface area contributed by atoms with Crippen LogP contribution in [0.25, 0.3) is 0 Å². The molecule has 1 unspecified atom stereocenters. The minimum atomic E-state index is 0.534. The smallest absolute Gasteiger partial charge is 0.0378 e. The summed E-state index contributed by atoms with van der Waals surface area (Å²) in [6, 6.07) is 5.00. The van der Waals surface area contributed by atoms with Crippen molar-refractivity contribution in [2.75, 3.05) is 6.54 Å². The lowest BCUT2D eigenvalue weighted by molar-refractivity contribution is -0.0746. The largest absolute Gasteiger partial charge is 0.310 e. The number of nitrogens with zero attached hydrogens (tertiary/aromatic N) is 1. The molecule has 1 aromatic rings. The lowest BCUT2D eigenvalue weighted by atomic mass is 9.47. The van der Waals surface area contributed by atoms with Crippen LogP contribution in [0.2, 0.25) is 0 Å². The van der Waals surface area contributed by atoms with Crippen molar-refractivity contribution in [1.29, 1.82) is 0 Å². The molecule has 0 aliphatic heterocycles. The average molecular weight is 270 g/mol. The third-order valence-electron chi connectivity index (χ3n) is 6.15. The van der Waals surface area contributed by atoms with Gasteiger partial charge in [-0.25, -0.2) is 0 Å². The Morgan fingerprint density at radius 2 is 1.65 bits per heavy atom. The second-order valence-corrected chi connectivity index (χ2v) is 7.55. The van der Waals surface area contributed by atoms with Gasteiger partial charge in [-0.3, -0.25) is 4.98 Å². The van der Waals surface area contributed by atoms with Gasteiger partial charge in [-0.2, -0.15) is 0 Å². The lowest BCUT2D eigenvalue weighted by Gasteiger charge is -2.59. The Labute approximate surface area is 122 Å². The van der Waals surface area contributed by atoms with Gasteiger partial charge < -0.3 is 5.32 Å². The average Bonchev–Trinajstić information content (AvgIpc) is 2.44. The highest BCUT2D eigenvalue weighted by Gasteiger charge is 2.54. The van der Waals surface area contributed by atoms with Crippen LogP contribution in [-0.2, 0) is 0 Å². The second kappa shape index (κ2) is 4.84. The molecular formula is C18H26N2. The third-order valence-corrected chi connectivity index (χ3v) is 6.15. The van der Waals surface area contributed by atoms with Gasteiger partial charge in [0.15, 0.2) is 0 Å². The van der Waals surface area contributed by atoms with E-state index in [2.05, 4.69) is 29.4 Å². The summed E-state index contributed by atoms with van der Waals surface area (Å²) in [5.41, 5.74) is 2.00. The summed E-state index contributed by atoms with van der Waals surface area (Å²) >= 11 is 0. The van der Waals surface area contributed by atoms with Crippen LogP contribution in [-0.4, -0.2) is 11.5 Å². The molecule has 4 saturated carbocycles. The lowest BCUT2D eigenvalue weighted by Crippen LogP contribution is -2.51. The van der Waals surface area contributed by atoms with Crippen LogP contribution in [0.4, 0.5) is 0 Å². The van der Waals surface area contributed by atoms with Gasteiger partial charge >= 0.3 is 0 Å². The Kier molecular flexibility index (Phi) is 3.10. The van der Waals surface area contributed by atoms with Crippen LogP contribution >= 0.6 is 0 Å². The fourth-order valence-electron chi connectivity index (χ4n) is 5.98. The van der Waals surface area contributed by atoms with E-state index in [1.54, 1.807) is 0 Å². The van der Waals surface area contributed by atoms with Gasteiger partial charge in [0.05, 0.1) is 0 Å². The maximum atomic E-state index is 4.21. The molecule has 5 rings (SSSR count). The normalized spacial score (nSPS) is 40.0. The first kappa shape index (κ1) is 12.8. The fourth-order valence-corrected chi connectivity index (χ4v) is 5.98.